The van der Waals surface area contributed by atoms with Gasteiger partial charge < -0.3 is 34.9 Å². The number of ether oxygens (including phenoxy) is 2. The summed E-state index contributed by atoms with van der Waals surface area (Å²) in [5.74, 6) is -2.60. The molecular weight excluding hydrogens is 793 g/mol. The first-order chi connectivity index (χ1) is 28.8. The second kappa shape index (κ2) is 16.3. The van der Waals surface area contributed by atoms with E-state index in [1.54, 1.807) is 53.3 Å². The number of likely N-dealkylation sites (tertiary alicyclic amines) is 2. The number of benzene rings is 2. The van der Waals surface area contributed by atoms with E-state index in [4.69, 9.17) is 14.5 Å². The largest absolute Gasteiger partial charge is 0.453 e. The van der Waals surface area contributed by atoms with Crippen LogP contribution in [0.4, 0.5) is 18.4 Å². The number of hydrogen-bond acceptors (Lipinski definition) is 9. The maximum Gasteiger partial charge on any atom is 0.407 e. The van der Waals surface area contributed by atoms with E-state index in [-0.39, 0.29) is 46.4 Å². The maximum atomic E-state index is 16.5. The number of alkyl halides is 2. The van der Waals surface area contributed by atoms with E-state index in [0.717, 1.165) is 37.0 Å². The molecule has 2 saturated heterocycles. The van der Waals surface area contributed by atoms with E-state index < -0.39 is 30.2 Å². The Kier molecular flexibility index (Phi) is 11.3. The molecule has 3 aliphatic heterocycles. The van der Waals surface area contributed by atoms with Crippen LogP contribution in [0.1, 0.15) is 87.3 Å². The quantitative estimate of drug-likeness (QED) is 0.172. The molecule has 60 heavy (non-hydrogen) atoms. The summed E-state index contributed by atoms with van der Waals surface area (Å²) in [6.07, 6.45) is 9.08. The number of aliphatic imine (C=N–C) groups is 1. The van der Waals surface area contributed by atoms with Gasteiger partial charge in [-0.3, -0.25) is 14.6 Å². The van der Waals surface area contributed by atoms with Crippen molar-refractivity contribution < 1.29 is 37.4 Å². The summed E-state index contributed by atoms with van der Waals surface area (Å²) < 4.78 is 42.6. The number of thioether (sulfide) groups is 1. The highest BCUT2D eigenvalue weighted by molar-refractivity contribution is 7.98. The molecule has 4 atom stereocenters. The Balaban J connectivity index is 0.976. The number of aromatic amines is 1. The summed E-state index contributed by atoms with van der Waals surface area (Å²) in [4.78, 5) is 68.1. The molecule has 0 unspecified atom stereocenters. The standard InChI is InChI=1S/C44H51F2N7O6S/c1-24(2)37(51-42(57)59-4)40(55)53-23-43(13-14-43)20-36(53)33-19-27(21-47-33)25-8-10-28-29-11-9-26(18-31(29)44(45,46)30(28)17-25)34-22-48-38(49-34)35-7-6-15-52(35)39(54)32(12-16-60-5)50-41(56)58-3/h8-11,17-18,21-22,24,32,35-37H,6-7,12-16,19-20,23H2,1-5H3,(H,48,49)(H,50,56)(H,51,57)/t32-,35-,36-,37-/m0/s1. The summed E-state index contributed by atoms with van der Waals surface area (Å²) >= 11 is 1.58. The molecule has 16 heteroatoms. The lowest BCUT2D eigenvalue weighted by Crippen LogP contribution is -2.53. The van der Waals surface area contributed by atoms with Crippen LogP contribution in [0.15, 0.2) is 53.8 Å². The monoisotopic (exact) mass is 843 g/mol. The van der Waals surface area contributed by atoms with E-state index in [0.29, 0.717) is 71.9 Å². The Morgan fingerprint density at radius 1 is 0.950 bits per heavy atom. The number of aromatic nitrogens is 2. The van der Waals surface area contributed by atoms with Gasteiger partial charge in [0.05, 0.1) is 38.2 Å². The molecule has 8 rings (SSSR count). The molecule has 13 nitrogen and oxygen atoms in total. The van der Waals surface area contributed by atoms with Gasteiger partial charge in [-0.1, -0.05) is 38.1 Å². The van der Waals surface area contributed by atoms with Gasteiger partial charge in [0.1, 0.15) is 17.9 Å². The summed E-state index contributed by atoms with van der Waals surface area (Å²) in [5, 5.41) is 5.38. The van der Waals surface area contributed by atoms with Gasteiger partial charge in [0.15, 0.2) is 0 Å². The molecule has 0 bridgehead atoms. The third-order valence-electron chi connectivity index (χ3n) is 12.8. The first kappa shape index (κ1) is 41.5. The van der Waals surface area contributed by atoms with Crippen molar-refractivity contribution in [1.29, 1.82) is 0 Å². The van der Waals surface area contributed by atoms with Crippen LogP contribution in [0.25, 0.3) is 28.0 Å². The summed E-state index contributed by atoms with van der Waals surface area (Å²) in [5.41, 5.74) is 4.17. The number of nitrogens with zero attached hydrogens (tertiary/aromatic N) is 4. The number of hydrogen-bond donors (Lipinski definition) is 3. The van der Waals surface area contributed by atoms with E-state index in [2.05, 4.69) is 20.6 Å². The molecule has 1 spiro atoms. The molecule has 0 radical (unpaired) electrons. The number of carbonyl (C=O) groups is 4. The predicted octanol–water partition coefficient (Wildman–Crippen LogP) is 7.29. The zero-order chi connectivity index (χ0) is 42.5. The van der Waals surface area contributed by atoms with Crippen LogP contribution in [0.2, 0.25) is 0 Å². The Hall–Kier alpha value is -5.25. The van der Waals surface area contributed by atoms with Crippen LogP contribution in [0, 0.1) is 11.3 Å². The van der Waals surface area contributed by atoms with Crippen molar-refractivity contribution in [3.05, 3.63) is 71.3 Å². The average molecular weight is 844 g/mol. The van der Waals surface area contributed by atoms with Gasteiger partial charge in [-0.15, -0.1) is 0 Å². The zero-order valence-electron chi connectivity index (χ0n) is 34.5. The summed E-state index contributed by atoms with van der Waals surface area (Å²) in [6, 6.07) is 8.11. The number of H-pyrrole nitrogens is 1. The number of nitrogens with one attached hydrogen (secondary N) is 3. The molecule has 3 N–H and O–H groups in total. The lowest BCUT2D eigenvalue weighted by Gasteiger charge is -2.31. The van der Waals surface area contributed by atoms with Crippen molar-refractivity contribution in [2.75, 3.05) is 39.3 Å². The van der Waals surface area contributed by atoms with Crippen molar-refractivity contribution >= 4 is 47.0 Å². The summed E-state index contributed by atoms with van der Waals surface area (Å²) in [7, 11) is 2.53. The number of rotatable bonds is 12. The van der Waals surface area contributed by atoms with Gasteiger partial charge in [0.2, 0.25) is 11.8 Å². The van der Waals surface area contributed by atoms with Gasteiger partial charge in [0.25, 0.3) is 5.92 Å². The molecular formula is C44H51F2N7O6S. The minimum absolute atomic E-state index is 0.0493. The van der Waals surface area contributed by atoms with Gasteiger partial charge in [-0.2, -0.15) is 20.5 Å². The molecule has 318 valence electrons. The van der Waals surface area contributed by atoms with Crippen molar-refractivity contribution in [2.45, 2.75) is 88.9 Å². The second-order valence-electron chi connectivity index (χ2n) is 16.9. The fourth-order valence-electron chi connectivity index (χ4n) is 9.28. The van der Waals surface area contributed by atoms with Gasteiger partial charge >= 0.3 is 12.2 Å². The Labute approximate surface area is 352 Å². The highest BCUT2D eigenvalue weighted by atomic mass is 32.2. The topological polar surface area (TPSA) is 158 Å². The van der Waals surface area contributed by atoms with Crippen molar-refractivity contribution in [3.63, 3.8) is 0 Å². The fraction of sp³-hybridized carbons (Fsp3) is 0.500. The van der Waals surface area contributed by atoms with Crippen LogP contribution in [-0.4, -0.2) is 107 Å². The maximum absolute atomic E-state index is 16.5. The highest BCUT2D eigenvalue weighted by Crippen LogP contribution is 2.56. The molecule has 2 aromatic carbocycles. The normalized spacial score (nSPS) is 21.6. The van der Waals surface area contributed by atoms with Crippen LogP contribution in [0.5, 0.6) is 0 Å². The van der Waals surface area contributed by atoms with Crippen LogP contribution in [-0.2, 0) is 25.0 Å². The number of halogens is 2. The number of methoxy groups -OCH3 is 2. The SMILES string of the molecule is COC(=O)N[C@@H](CCSC)C(=O)N1CCC[C@H]1c1ncc(-c2ccc3c(c2)C(F)(F)c2cc(C4=CN=C([C@@H]5CC6(CC6)CN5C(=O)[C@@H](NC(=O)OC)C(C)C)C4)ccc2-3)[nH]1. The first-order valence-corrected chi connectivity index (χ1v) is 21.9. The van der Waals surface area contributed by atoms with E-state index >= 15 is 8.78 Å². The van der Waals surface area contributed by atoms with Crippen molar-refractivity contribution in [3.8, 4) is 22.4 Å². The Bertz CT molecular complexity index is 2270. The Morgan fingerprint density at radius 3 is 2.30 bits per heavy atom. The van der Waals surface area contributed by atoms with Crippen molar-refractivity contribution in [1.82, 2.24) is 30.4 Å². The number of imidazole rings is 1. The molecule has 5 aliphatic rings. The number of fused-ring (bicyclic) bond motifs is 3. The van der Waals surface area contributed by atoms with Crippen LogP contribution < -0.4 is 10.6 Å². The van der Waals surface area contributed by atoms with Crippen LogP contribution in [0.3, 0.4) is 0 Å². The predicted molar refractivity (Wildman–Crippen MR) is 224 cm³/mol. The minimum Gasteiger partial charge on any atom is -0.453 e. The molecule has 3 fully saturated rings. The first-order valence-electron chi connectivity index (χ1n) is 20.5. The number of allylic oxidation sites excluding steroid dienone is 1. The third-order valence-corrected chi connectivity index (χ3v) is 13.4. The number of alkyl carbamates (subject to hydrolysis) is 2. The molecule has 4 heterocycles. The van der Waals surface area contributed by atoms with E-state index in [9.17, 15) is 19.2 Å². The molecule has 1 aromatic heterocycles. The number of amides is 4. The second-order valence-corrected chi connectivity index (χ2v) is 17.9. The van der Waals surface area contributed by atoms with E-state index in [1.165, 1.54) is 20.3 Å². The average Bonchev–Trinajstić information content (AvgIpc) is 3.84. The fourth-order valence-corrected chi connectivity index (χ4v) is 9.75. The minimum atomic E-state index is -3.28. The molecule has 1 saturated carbocycles. The Morgan fingerprint density at radius 2 is 1.63 bits per heavy atom. The lowest BCUT2D eigenvalue weighted by atomic mass is 9.93. The van der Waals surface area contributed by atoms with Crippen molar-refractivity contribution in [2.24, 2.45) is 16.3 Å². The lowest BCUT2D eigenvalue weighted by molar-refractivity contribution is -0.135. The van der Waals surface area contributed by atoms with Gasteiger partial charge in [-0.05, 0) is 96.3 Å². The smallest absolute Gasteiger partial charge is 0.407 e. The molecule has 4 amide bonds. The zero-order valence-corrected chi connectivity index (χ0v) is 35.3. The van der Waals surface area contributed by atoms with Crippen LogP contribution >= 0.6 is 11.8 Å². The number of carbonyl (C=O) groups excluding carboxylic acids is 4. The van der Waals surface area contributed by atoms with Gasteiger partial charge in [0, 0.05) is 48.1 Å². The summed E-state index contributed by atoms with van der Waals surface area (Å²) in [6.45, 7) is 4.86. The molecule has 3 aromatic rings. The van der Waals surface area contributed by atoms with Gasteiger partial charge in [-0.25, -0.2) is 14.6 Å². The van der Waals surface area contributed by atoms with E-state index in [1.807, 2.05) is 31.1 Å². The third kappa shape index (κ3) is 7.67. The molecule has 2 aliphatic carbocycles. The highest BCUT2D eigenvalue weighted by Gasteiger charge is 2.55.